The van der Waals surface area contributed by atoms with Gasteiger partial charge in [-0.3, -0.25) is 4.79 Å². The van der Waals surface area contributed by atoms with E-state index < -0.39 is 0 Å². The number of nitrogens with one attached hydrogen (secondary N) is 2. The zero-order chi connectivity index (χ0) is 15.2. The minimum absolute atomic E-state index is 0.0666. The Morgan fingerprint density at radius 3 is 2.67 bits per heavy atom. The lowest BCUT2D eigenvalue weighted by Gasteiger charge is -2.11. The maximum absolute atomic E-state index is 11.1. The summed E-state index contributed by atoms with van der Waals surface area (Å²) in [5, 5.41) is 6.12. The molecule has 1 heterocycles. The molecule has 0 fully saturated rings. The van der Waals surface area contributed by atoms with Crippen molar-refractivity contribution >= 4 is 17.3 Å². The van der Waals surface area contributed by atoms with Gasteiger partial charge in [-0.25, -0.2) is 4.98 Å². The van der Waals surface area contributed by atoms with Crippen molar-refractivity contribution in [2.45, 2.75) is 20.4 Å². The van der Waals surface area contributed by atoms with Gasteiger partial charge in [-0.05, 0) is 36.2 Å². The molecule has 0 aliphatic heterocycles. The second-order valence-corrected chi connectivity index (χ2v) is 4.77. The first-order chi connectivity index (χ1) is 10.1. The Balaban J connectivity index is 1.99. The van der Waals surface area contributed by atoms with Crippen LogP contribution < -0.4 is 15.4 Å². The molecule has 2 N–H and O–H groups in total. The second kappa shape index (κ2) is 6.74. The SMILES string of the molecule is COc1ccc(CNc2ccc(NC(C)=O)c(C)c2)cn1. The fourth-order valence-electron chi connectivity index (χ4n) is 1.94. The molecular weight excluding hydrogens is 266 g/mol. The number of hydrogen-bond acceptors (Lipinski definition) is 4. The molecule has 0 atom stereocenters. The van der Waals surface area contributed by atoms with Gasteiger partial charge in [0.1, 0.15) is 0 Å². The highest BCUT2D eigenvalue weighted by atomic mass is 16.5. The molecule has 0 saturated carbocycles. The Kier molecular flexibility index (Phi) is 4.77. The van der Waals surface area contributed by atoms with Crippen molar-refractivity contribution in [3.05, 3.63) is 47.7 Å². The first-order valence-electron chi connectivity index (χ1n) is 6.69. The number of aromatic nitrogens is 1. The topological polar surface area (TPSA) is 63.2 Å². The van der Waals surface area contributed by atoms with Gasteiger partial charge in [0.15, 0.2) is 0 Å². The van der Waals surface area contributed by atoms with Gasteiger partial charge in [0.05, 0.1) is 7.11 Å². The molecule has 0 aliphatic carbocycles. The van der Waals surface area contributed by atoms with E-state index in [1.165, 1.54) is 6.92 Å². The van der Waals surface area contributed by atoms with E-state index in [0.29, 0.717) is 12.4 Å². The number of methoxy groups -OCH3 is 1. The Labute approximate surface area is 124 Å². The third-order valence-electron chi connectivity index (χ3n) is 3.04. The number of nitrogens with zero attached hydrogens (tertiary/aromatic N) is 1. The molecule has 0 unspecified atom stereocenters. The van der Waals surface area contributed by atoms with Crippen LogP contribution in [0.1, 0.15) is 18.1 Å². The van der Waals surface area contributed by atoms with E-state index in [-0.39, 0.29) is 5.91 Å². The molecule has 2 rings (SSSR count). The highest BCUT2D eigenvalue weighted by Crippen LogP contribution is 2.20. The average molecular weight is 285 g/mol. The first-order valence-corrected chi connectivity index (χ1v) is 6.69. The van der Waals surface area contributed by atoms with E-state index in [4.69, 9.17) is 4.74 Å². The second-order valence-electron chi connectivity index (χ2n) is 4.77. The summed E-state index contributed by atoms with van der Waals surface area (Å²) in [6.45, 7) is 4.14. The number of anilines is 2. The minimum Gasteiger partial charge on any atom is -0.481 e. The zero-order valence-corrected chi connectivity index (χ0v) is 12.4. The number of amides is 1. The number of rotatable bonds is 5. The van der Waals surface area contributed by atoms with Crippen molar-refractivity contribution in [2.24, 2.45) is 0 Å². The molecule has 110 valence electrons. The van der Waals surface area contributed by atoms with Gasteiger partial charge >= 0.3 is 0 Å². The first kappa shape index (κ1) is 14.8. The molecule has 2 aromatic rings. The van der Waals surface area contributed by atoms with Crippen LogP contribution in [0.15, 0.2) is 36.5 Å². The Hall–Kier alpha value is -2.56. The molecule has 5 heteroatoms. The normalized spacial score (nSPS) is 10.0. The fraction of sp³-hybridized carbons (Fsp3) is 0.250. The number of ether oxygens (including phenoxy) is 1. The summed E-state index contributed by atoms with van der Waals surface area (Å²) in [4.78, 5) is 15.2. The minimum atomic E-state index is -0.0666. The molecular formula is C16H19N3O2. The summed E-state index contributed by atoms with van der Waals surface area (Å²) in [6, 6.07) is 9.64. The summed E-state index contributed by atoms with van der Waals surface area (Å²) in [6.07, 6.45) is 1.78. The lowest BCUT2D eigenvalue weighted by atomic mass is 10.1. The van der Waals surface area contributed by atoms with Gasteiger partial charge in [0, 0.05) is 37.1 Å². The van der Waals surface area contributed by atoms with Crippen LogP contribution in [0.3, 0.4) is 0 Å². The smallest absolute Gasteiger partial charge is 0.221 e. The highest BCUT2D eigenvalue weighted by Gasteiger charge is 2.02. The lowest BCUT2D eigenvalue weighted by Crippen LogP contribution is -2.07. The van der Waals surface area contributed by atoms with Crippen molar-refractivity contribution in [1.82, 2.24) is 4.98 Å². The van der Waals surface area contributed by atoms with Gasteiger partial charge in [0.2, 0.25) is 11.8 Å². The largest absolute Gasteiger partial charge is 0.481 e. The Morgan fingerprint density at radius 2 is 2.10 bits per heavy atom. The molecule has 5 nitrogen and oxygen atoms in total. The number of hydrogen-bond donors (Lipinski definition) is 2. The summed E-state index contributed by atoms with van der Waals surface area (Å²) in [5.74, 6) is 0.539. The zero-order valence-electron chi connectivity index (χ0n) is 12.4. The third kappa shape index (κ3) is 4.21. The standard InChI is InChI=1S/C16H19N3O2/c1-11-8-14(5-6-15(11)19-12(2)20)17-9-13-4-7-16(21-3)18-10-13/h4-8,10,17H,9H2,1-3H3,(H,19,20). The lowest BCUT2D eigenvalue weighted by molar-refractivity contribution is -0.114. The van der Waals surface area contributed by atoms with E-state index >= 15 is 0 Å². The molecule has 0 saturated heterocycles. The van der Waals surface area contributed by atoms with Gasteiger partial charge in [-0.2, -0.15) is 0 Å². The Bertz CT molecular complexity index is 624. The van der Waals surface area contributed by atoms with E-state index in [1.54, 1.807) is 13.3 Å². The van der Waals surface area contributed by atoms with E-state index in [0.717, 1.165) is 22.5 Å². The van der Waals surface area contributed by atoms with Crippen LogP contribution in [0, 0.1) is 6.92 Å². The van der Waals surface area contributed by atoms with Crippen molar-refractivity contribution < 1.29 is 9.53 Å². The fourth-order valence-corrected chi connectivity index (χ4v) is 1.94. The van der Waals surface area contributed by atoms with E-state index in [1.807, 2.05) is 37.3 Å². The molecule has 1 aromatic carbocycles. The van der Waals surface area contributed by atoms with Crippen LogP contribution >= 0.6 is 0 Å². The van der Waals surface area contributed by atoms with Crippen LogP contribution in [-0.4, -0.2) is 18.0 Å². The summed E-state index contributed by atoms with van der Waals surface area (Å²) >= 11 is 0. The monoisotopic (exact) mass is 285 g/mol. The van der Waals surface area contributed by atoms with Crippen LogP contribution in [-0.2, 0) is 11.3 Å². The van der Waals surface area contributed by atoms with Crippen LogP contribution in [0.5, 0.6) is 5.88 Å². The van der Waals surface area contributed by atoms with E-state index in [9.17, 15) is 4.79 Å². The van der Waals surface area contributed by atoms with Crippen molar-refractivity contribution in [3.8, 4) is 5.88 Å². The molecule has 0 bridgehead atoms. The van der Waals surface area contributed by atoms with Crippen molar-refractivity contribution in [3.63, 3.8) is 0 Å². The van der Waals surface area contributed by atoms with Crippen LogP contribution in [0.4, 0.5) is 11.4 Å². The third-order valence-corrected chi connectivity index (χ3v) is 3.04. The van der Waals surface area contributed by atoms with Crippen LogP contribution in [0.25, 0.3) is 0 Å². The highest BCUT2D eigenvalue weighted by molar-refractivity contribution is 5.89. The molecule has 0 radical (unpaired) electrons. The summed E-state index contributed by atoms with van der Waals surface area (Å²) in [7, 11) is 1.60. The van der Waals surface area contributed by atoms with Crippen LogP contribution in [0.2, 0.25) is 0 Å². The maximum atomic E-state index is 11.1. The predicted octanol–water partition coefficient (Wildman–Crippen LogP) is 2.97. The maximum Gasteiger partial charge on any atom is 0.221 e. The number of carbonyl (C=O) groups excluding carboxylic acids is 1. The molecule has 21 heavy (non-hydrogen) atoms. The molecule has 1 aromatic heterocycles. The summed E-state index contributed by atoms with van der Waals surface area (Å²) < 4.78 is 5.03. The number of pyridine rings is 1. The Morgan fingerprint density at radius 1 is 1.29 bits per heavy atom. The van der Waals surface area contributed by atoms with E-state index in [2.05, 4.69) is 15.6 Å². The molecule has 0 aliphatic rings. The predicted molar refractivity (Wildman–Crippen MR) is 83.6 cm³/mol. The average Bonchev–Trinajstić information content (AvgIpc) is 2.48. The van der Waals surface area contributed by atoms with Gasteiger partial charge in [-0.1, -0.05) is 6.07 Å². The van der Waals surface area contributed by atoms with Crippen molar-refractivity contribution in [2.75, 3.05) is 17.7 Å². The number of benzene rings is 1. The quantitative estimate of drug-likeness (QED) is 0.886. The number of carbonyl (C=O) groups is 1. The van der Waals surface area contributed by atoms with Gasteiger partial charge < -0.3 is 15.4 Å². The molecule has 1 amide bonds. The molecule has 0 spiro atoms. The summed E-state index contributed by atoms with van der Waals surface area (Å²) in [5.41, 5.74) is 3.92. The van der Waals surface area contributed by atoms with Gasteiger partial charge in [-0.15, -0.1) is 0 Å². The van der Waals surface area contributed by atoms with Crippen molar-refractivity contribution in [1.29, 1.82) is 0 Å². The van der Waals surface area contributed by atoms with Gasteiger partial charge in [0.25, 0.3) is 0 Å². The number of aryl methyl sites for hydroxylation is 1.